The van der Waals surface area contributed by atoms with Crippen molar-refractivity contribution in [2.24, 2.45) is 0 Å². The number of benzene rings is 2. The summed E-state index contributed by atoms with van der Waals surface area (Å²) in [6.07, 6.45) is 0.639. The predicted molar refractivity (Wildman–Crippen MR) is 75.9 cm³/mol. The van der Waals surface area contributed by atoms with Crippen molar-refractivity contribution in [1.29, 1.82) is 5.26 Å². The lowest BCUT2D eigenvalue weighted by Crippen LogP contribution is -1.92. The molecule has 1 aromatic heterocycles. The van der Waals surface area contributed by atoms with Gasteiger partial charge in [-0.3, -0.25) is 4.79 Å². The molecular formula is C15H10N4O. The SMILES string of the molecule is N#Cc1ccc2nc(-c3ccc(NC=O)cc3)[nH]c2c1. The number of hydrogen-bond acceptors (Lipinski definition) is 3. The van der Waals surface area contributed by atoms with E-state index in [1.54, 1.807) is 24.3 Å². The number of aromatic amines is 1. The van der Waals surface area contributed by atoms with Gasteiger partial charge in [0.05, 0.1) is 22.7 Å². The minimum absolute atomic E-state index is 0.596. The largest absolute Gasteiger partial charge is 0.338 e. The molecular weight excluding hydrogens is 252 g/mol. The highest BCUT2D eigenvalue weighted by Gasteiger charge is 2.06. The second kappa shape index (κ2) is 4.86. The van der Waals surface area contributed by atoms with E-state index in [-0.39, 0.29) is 0 Å². The van der Waals surface area contributed by atoms with Crippen LogP contribution in [0.25, 0.3) is 22.4 Å². The van der Waals surface area contributed by atoms with Gasteiger partial charge in [0.15, 0.2) is 0 Å². The number of rotatable bonds is 3. The normalized spacial score (nSPS) is 10.2. The summed E-state index contributed by atoms with van der Waals surface area (Å²) in [6, 6.07) is 14.8. The van der Waals surface area contributed by atoms with E-state index in [4.69, 9.17) is 5.26 Å². The van der Waals surface area contributed by atoms with E-state index in [9.17, 15) is 4.79 Å². The summed E-state index contributed by atoms with van der Waals surface area (Å²) >= 11 is 0. The number of nitriles is 1. The minimum atomic E-state index is 0.596. The van der Waals surface area contributed by atoms with Gasteiger partial charge in [-0.1, -0.05) is 0 Å². The van der Waals surface area contributed by atoms with Crippen LogP contribution in [0.5, 0.6) is 0 Å². The molecule has 3 aromatic rings. The van der Waals surface area contributed by atoms with Gasteiger partial charge >= 0.3 is 0 Å². The van der Waals surface area contributed by atoms with Crippen LogP contribution in [0.2, 0.25) is 0 Å². The van der Waals surface area contributed by atoms with Gasteiger partial charge in [-0.15, -0.1) is 0 Å². The van der Waals surface area contributed by atoms with Crippen LogP contribution in [0.1, 0.15) is 5.56 Å². The summed E-state index contributed by atoms with van der Waals surface area (Å²) in [6.45, 7) is 0. The molecule has 0 bridgehead atoms. The Morgan fingerprint density at radius 1 is 1.20 bits per heavy atom. The van der Waals surface area contributed by atoms with Crippen molar-refractivity contribution in [3.63, 3.8) is 0 Å². The molecule has 5 heteroatoms. The number of hydrogen-bond donors (Lipinski definition) is 2. The van der Waals surface area contributed by atoms with Gasteiger partial charge in [0.1, 0.15) is 5.82 Å². The Morgan fingerprint density at radius 3 is 2.70 bits per heavy atom. The number of H-pyrrole nitrogens is 1. The highest BCUT2D eigenvalue weighted by molar-refractivity contribution is 5.81. The molecule has 0 spiro atoms. The van der Waals surface area contributed by atoms with Crippen LogP contribution in [0.3, 0.4) is 0 Å². The van der Waals surface area contributed by atoms with Gasteiger partial charge in [-0.2, -0.15) is 5.26 Å². The van der Waals surface area contributed by atoms with Crippen molar-refractivity contribution < 1.29 is 4.79 Å². The standard InChI is InChI=1S/C15H10N4O/c16-8-10-1-6-13-14(7-10)19-15(18-13)11-2-4-12(5-3-11)17-9-20/h1-7,9H,(H,17,20)(H,18,19). The Hall–Kier alpha value is -3.13. The number of aromatic nitrogens is 2. The molecule has 0 radical (unpaired) electrons. The summed E-state index contributed by atoms with van der Waals surface area (Å²) in [5.41, 5.74) is 3.88. The first-order valence-corrected chi connectivity index (χ1v) is 6.00. The van der Waals surface area contributed by atoms with E-state index in [0.29, 0.717) is 12.0 Å². The molecule has 1 amide bonds. The third-order valence-corrected chi connectivity index (χ3v) is 2.99. The molecule has 1 heterocycles. The fourth-order valence-corrected chi connectivity index (χ4v) is 2.01. The van der Waals surface area contributed by atoms with Crippen molar-refractivity contribution >= 4 is 23.1 Å². The van der Waals surface area contributed by atoms with E-state index in [1.807, 2.05) is 18.2 Å². The summed E-state index contributed by atoms with van der Waals surface area (Å²) in [5, 5.41) is 11.5. The minimum Gasteiger partial charge on any atom is -0.338 e. The zero-order valence-corrected chi connectivity index (χ0v) is 10.4. The molecule has 2 aromatic carbocycles. The van der Waals surface area contributed by atoms with Crippen LogP contribution in [0.4, 0.5) is 5.69 Å². The van der Waals surface area contributed by atoms with Gasteiger partial charge in [0.2, 0.25) is 6.41 Å². The van der Waals surface area contributed by atoms with Crippen molar-refractivity contribution in [2.45, 2.75) is 0 Å². The molecule has 0 saturated heterocycles. The first kappa shape index (κ1) is 11.9. The van der Waals surface area contributed by atoms with Crippen LogP contribution < -0.4 is 5.32 Å². The molecule has 96 valence electrons. The predicted octanol–water partition coefficient (Wildman–Crippen LogP) is 2.67. The van der Waals surface area contributed by atoms with Crippen LogP contribution in [-0.4, -0.2) is 16.4 Å². The van der Waals surface area contributed by atoms with E-state index in [0.717, 1.165) is 28.1 Å². The van der Waals surface area contributed by atoms with Crippen molar-refractivity contribution in [1.82, 2.24) is 9.97 Å². The topological polar surface area (TPSA) is 81.6 Å². The third kappa shape index (κ3) is 2.10. The third-order valence-electron chi connectivity index (χ3n) is 2.99. The van der Waals surface area contributed by atoms with E-state index >= 15 is 0 Å². The van der Waals surface area contributed by atoms with Crippen molar-refractivity contribution in [3.8, 4) is 17.5 Å². The Kier molecular flexibility index (Phi) is 2.90. The zero-order chi connectivity index (χ0) is 13.9. The van der Waals surface area contributed by atoms with E-state index < -0.39 is 0 Å². The first-order chi connectivity index (χ1) is 9.80. The number of nitrogens with one attached hydrogen (secondary N) is 2. The number of imidazole rings is 1. The number of amides is 1. The average molecular weight is 262 g/mol. The number of carbonyl (C=O) groups excluding carboxylic acids is 1. The molecule has 3 rings (SSSR count). The molecule has 0 atom stereocenters. The molecule has 5 nitrogen and oxygen atoms in total. The van der Waals surface area contributed by atoms with Gasteiger partial charge in [0.25, 0.3) is 0 Å². The number of anilines is 1. The zero-order valence-electron chi connectivity index (χ0n) is 10.4. The molecule has 20 heavy (non-hydrogen) atoms. The number of nitrogens with zero attached hydrogens (tertiary/aromatic N) is 2. The molecule has 0 fully saturated rings. The van der Waals surface area contributed by atoms with Crippen molar-refractivity contribution in [3.05, 3.63) is 48.0 Å². The smallest absolute Gasteiger partial charge is 0.211 e. The Labute approximate surface area is 114 Å². The Balaban J connectivity index is 2.01. The molecule has 2 N–H and O–H groups in total. The lowest BCUT2D eigenvalue weighted by Gasteiger charge is -1.99. The number of fused-ring (bicyclic) bond motifs is 1. The Bertz CT molecular complexity index is 812. The summed E-state index contributed by atoms with van der Waals surface area (Å²) in [5.74, 6) is 0.729. The van der Waals surface area contributed by atoms with Gasteiger partial charge in [0, 0.05) is 11.3 Å². The van der Waals surface area contributed by atoms with Crippen LogP contribution in [0, 0.1) is 11.3 Å². The summed E-state index contributed by atoms with van der Waals surface area (Å²) < 4.78 is 0. The molecule has 0 saturated carbocycles. The second-order valence-corrected chi connectivity index (χ2v) is 4.27. The average Bonchev–Trinajstić information content (AvgIpc) is 2.91. The molecule has 0 aliphatic carbocycles. The number of carbonyl (C=O) groups is 1. The maximum Gasteiger partial charge on any atom is 0.211 e. The molecule has 0 unspecified atom stereocenters. The fourth-order valence-electron chi connectivity index (χ4n) is 2.01. The fraction of sp³-hybridized carbons (Fsp3) is 0. The highest BCUT2D eigenvalue weighted by Crippen LogP contribution is 2.22. The van der Waals surface area contributed by atoms with Crippen LogP contribution in [0.15, 0.2) is 42.5 Å². The van der Waals surface area contributed by atoms with Crippen LogP contribution >= 0.6 is 0 Å². The van der Waals surface area contributed by atoms with Gasteiger partial charge in [-0.05, 0) is 42.5 Å². The van der Waals surface area contributed by atoms with Gasteiger partial charge in [-0.25, -0.2) is 4.98 Å². The van der Waals surface area contributed by atoms with Gasteiger partial charge < -0.3 is 10.3 Å². The maximum atomic E-state index is 10.4. The molecule has 0 aliphatic heterocycles. The quantitative estimate of drug-likeness (QED) is 0.712. The summed E-state index contributed by atoms with van der Waals surface area (Å²) in [4.78, 5) is 18.0. The first-order valence-electron chi connectivity index (χ1n) is 6.00. The lowest BCUT2D eigenvalue weighted by atomic mass is 10.2. The highest BCUT2D eigenvalue weighted by atomic mass is 16.1. The molecule has 0 aliphatic rings. The van der Waals surface area contributed by atoms with E-state index in [2.05, 4.69) is 21.4 Å². The second-order valence-electron chi connectivity index (χ2n) is 4.27. The Morgan fingerprint density at radius 2 is 2.00 bits per heavy atom. The maximum absolute atomic E-state index is 10.4. The monoisotopic (exact) mass is 262 g/mol. The lowest BCUT2D eigenvalue weighted by molar-refractivity contribution is -0.105. The van der Waals surface area contributed by atoms with Crippen LogP contribution in [-0.2, 0) is 4.79 Å². The summed E-state index contributed by atoms with van der Waals surface area (Å²) in [7, 11) is 0. The van der Waals surface area contributed by atoms with E-state index in [1.165, 1.54) is 0 Å². The van der Waals surface area contributed by atoms with Crippen molar-refractivity contribution in [2.75, 3.05) is 5.32 Å².